The van der Waals surface area contributed by atoms with Gasteiger partial charge in [-0.25, -0.2) is 0 Å². The van der Waals surface area contributed by atoms with Crippen LogP contribution in [0.15, 0.2) is 0 Å². The van der Waals surface area contributed by atoms with Gasteiger partial charge < -0.3 is 15.0 Å². The Bertz CT molecular complexity index is 530. The molecule has 128 valence electrons. The maximum atomic E-state index is 12.3. The fourth-order valence-corrected chi connectivity index (χ4v) is 4.20. The second-order valence-electron chi connectivity index (χ2n) is 8.81. The minimum Gasteiger partial charge on any atom is -0.366 e. The van der Waals surface area contributed by atoms with Crippen LogP contribution in [0.3, 0.4) is 0 Å². The van der Waals surface area contributed by atoms with E-state index in [1.54, 1.807) is 0 Å². The highest BCUT2D eigenvalue weighted by atomic mass is 16.5. The van der Waals surface area contributed by atoms with E-state index >= 15 is 0 Å². The van der Waals surface area contributed by atoms with Gasteiger partial charge in [0.1, 0.15) is 5.60 Å². The van der Waals surface area contributed by atoms with Crippen LogP contribution in [0, 0.1) is 10.8 Å². The summed E-state index contributed by atoms with van der Waals surface area (Å²) in [6, 6.07) is 0. The first-order chi connectivity index (χ1) is 10.8. The van der Waals surface area contributed by atoms with Crippen molar-refractivity contribution in [2.75, 3.05) is 19.6 Å². The van der Waals surface area contributed by atoms with Crippen molar-refractivity contribution < 1.29 is 14.3 Å². The number of hydrogen-bond donors (Lipinski definition) is 1. The Morgan fingerprint density at radius 3 is 2.35 bits per heavy atom. The van der Waals surface area contributed by atoms with Gasteiger partial charge in [0.25, 0.3) is 0 Å². The number of amides is 2. The summed E-state index contributed by atoms with van der Waals surface area (Å²) < 4.78 is 6.20. The van der Waals surface area contributed by atoms with Crippen molar-refractivity contribution >= 4 is 11.8 Å². The summed E-state index contributed by atoms with van der Waals surface area (Å²) in [6.07, 6.45) is 7.33. The molecule has 4 rings (SSSR count). The van der Waals surface area contributed by atoms with Crippen molar-refractivity contribution in [3.05, 3.63) is 0 Å². The van der Waals surface area contributed by atoms with Crippen LogP contribution in [0.4, 0.5) is 0 Å². The van der Waals surface area contributed by atoms with Gasteiger partial charge in [-0.2, -0.15) is 0 Å². The number of carbonyl (C=O) groups is 2. The van der Waals surface area contributed by atoms with Crippen molar-refractivity contribution in [3.63, 3.8) is 0 Å². The second-order valence-corrected chi connectivity index (χ2v) is 8.81. The van der Waals surface area contributed by atoms with E-state index in [4.69, 9.17) is 4.74 Å². The van der Waals surface area contributed by atoms with Crippen LogP contribution in [0.1, 0.15) is 58.8 Å². The van der Waals surface area contributed by atoms with Crippen molar-refractivity contribution in [1.29, 1.82) is 0 Å². The van der Waals surface area contributed by atoms with Gasteiger partial charge in [0.05, 0.1) is 19.2 Å². The highest BCUT2D eigenvalue weighted by Crippen LogP contribution is 2.49. The Hall–Kier alpha value is -1.10. The molecule has 4 fully saturated rings. The highest BCUT2D eigenvalue weighted by Gasteiger charge is 2.56. The summed E-state index contributed by atoms with van der Waals surface area (Å²) in [5.74, 6) is 0.488. The summed E-state index contributed by atoms with van der Waals surface area (Å²) >= 11 is 0. The average Bonchev–Trinajstić information content (AvgIpc) is 3.07. The van der Waals surface area contributed by atoms with E-state index in [9.17, 15) is 9.59 Å². The molecule has 2 aliphatic heterocycles. The Morgan fingerprint density at radius 2 is 1.78 bits per heavy atom. The topological polar surface area (TPSA) is 58.6 Å². The van der Waals surface area contributed by atoms with Crippen LogP contribution >= 0.6 is 0 Å². The SMILES string of the molecule is CC1(C(=O)NCC2CCC3(CN(C(=O)C4(C)CC4)C3)O2)CCC1. The van der Waals surface area contributed by atoms with Crippen LogP contribution in [-0.2, 0) is 14.3 Å². The van der Waals surface area contributed by atoms with Gasteiger partial charge in [0, 0.05) is 17.4 Å². The molecule has 1 unspecified atom stereocenters. The smallest absolute Gasteiger partial charge is 0.228 e. The lowest BCUT2D eigenvalue weighted by Gasteiger charge is -2.48. The molecule has 2 aliphatic carbocycles. The standard InChI is InChI=1S/C18H28N2O3/c1-16(5-3-6-16)14(21)19-10-13-4-7-18(23-13)11-20(12-18)15(22)17(2)8-9-17/h13H,3-12H2,1-2H3,(H,19,21). The Kier molecular flexibility index (Phi) is 3.32. The Labute approximate surface area is 138 Å². The molecule has 5 nitrogen and oxygen atoms in total. The fraction of sp³-hybridized carbons (Fsp3) is 0.889. The molecule has 2 heterocycles. The molecular formula is C18H28N2O3. The zero-order valence-electron chi connectivity index (χ0n) is 14.3. The van der Waals surface area contributed by atoms with E-state index in [0.717, 1.165) is 58.0 Å². The largest absolute Gasteiger partial charge is 0.366 e. The normalized spacial score (nSPS) is 32.1. The van der Waals surface area contributed by atoms with E-state index in [1.807, 2.05) is 4.90 Å². The molecule has 5 heteroatoms. The van der Waals surface area contributed by atoms with Gasteiger partial charge in [0.15, 0.2) is 0 Å². The molecule has 0 radical (unpaired) electrons. The van der Waals surface area contributed by atoms with E-state index in [2.05, 4.69) is 19.2 Å². The molecule has 2 saturated carbocycles. The van der Waals surface area contributed by atoms with Crippen LogP contribution in [0.2, 0.25) is 0 Å². The van der Waals surface area contributed by atoms with Gasteiger partial charge >= 0.3 is 0 Å². The van der Waals surface area contributed by atoms with Gasteiger partial charge in [-0.1, -0.05) is 20.3 Å². The van der Waals surface area contributed by atoms with Gasteiger partial charge in [0.2, 0.25) is 11.8 Å². The van der Waals surface area contributed by atoms with E-state index < -0.39 is 0 Å². The number of carbonyl (C=O) groups excluding carboxylic acids is 2. The quantitative estimate of drug-likeness (QED) is 0.860. The molecule has 2 saturated heterocycles. The maximum absolute atomic E-state index is 12.3. The maximum Gasteiger partial charge on any atom is 0.228 e. The van der Waals surface area contributed by atoms with Crippen molar-refractivity contribution in [2.45, 2.75) is 70.5 Å². The van der Waals surface area contributed by atoms with Crippen LogP contribution in [0.25, 0.3) is 0 Å². The lowest BCUT2D eigenvalue weighted by atomic mass is 9.70. The van der Waals surface area contributed by atoms with Gasteiger partial charge in [-0.3, -0.25) is 9.59 Å². The molecule has 0 aromatic heterocycles. The third-order valence-corrected chi connectivity index (χ3v) is 6.60. The number of likely N-dealkylation sites (tertiary alicyclic amines) is 1. The summed E-state index contributed by atoms with van der Waals surface area (Å²) in [7, 11) is 0. The van der Waals surface area contributed by atoms with Gasteiger partial charge in [-0.15, -0.1) is 0 Å². The monoisotopic (exact) mass is 320 g/mol. The summed E-state index contributed by atoms with van der Waals surface area (Å²) in [4.78, 5) is 26.5. The molecule has 1 atom stereocenters. The van der Waals surface area contributed by atoms with Crippen LogP contribution in [0.5, 0.6) is 0 Å². The molecule has 1 spiro atoms. The average molecular weight is 320 g/mol. The lowest BCUT2D eigenvalue weighted by Crippen LogP contribution is -2.64. The minimum atomic E-state index is -0.143. The number of hydrogen-bond acceptors (Lipinski definition) is 3. The summed E-state index contributed by atoms with van der Waals surface area (Å²) in [5, 5.41) is 3.08. The lowest BCUT2D eigenvalue weighted by molar-refractivity contribution is -0.169. The van der Waals surface area contributed by atoms with Crippen LogP contribution < -0.4 is 5.32 Å². The third-order valence-electron chi connectivity index (χ3n) is 6.60. The van der Waals surface area contributed by atoms with E-state index in [1.165, 1.54) is 0 Å². The van der Waals surface area contributed by atoms with Crippen molar-refractivity contribution in [3.8, 4) is 0 Å². The summed E-state index contributed by atoms with van der Waals surface area (Å²) in [6.45, 7) is 6.21. The first-order valence-electron chi connectivity index (χ1n) is 9.10. The molecule has 23 heavy (non-hydrogen) atoms. The zero-order valence-corrected chi connectivity index (χ0v) is 14.3. The minimum absolute atomic E-state index is 0.0776. The molecule has 4 aliphatic rings. The molecule has 0 aromatic carbocycles. The first kappa shape index (κ1) is 15.4. The molecular weight excluding hydrogens is 292 g/mol. The van der Waals surface area contributed by atoms with Crippen molar-refractivity contribution in [2.24, 2.45) is 10.8 Å². The number of ether oxygens (including phenoxy) is 1. The van der Waals surface area contributed by atoms with Gasteiger partial charge in [-0.05, 0) is 38.5 Å². The third kappa shape index (κ3) is 2.57. The fourth-order valence-electron chi connectivity index (χ4n) is 4.20. The van der Waals surface area contributed by atoms with Crippen molar-refractivity contribution in [1.82, 2.24) is 10.2 Å². The van der Waals surface area contributed by atoms with Crippen LogP contribution in [-0.4, -0.2) is 48.1 Å². The highest BCUT2D eigenvalue weighted by molar-refractivity contribution is 5.86. The number of nitrogens with one attached hydrogen (secondary N) is 1. The first-order valence-corrected chi connectivity index (χ1v) is 9.10. The zero-order chi connectivity index (χ0) is 16.3. The molecule has 1 N–H and O–H groups in total. The van der Waals surface area contributed by atoms with E-state index in [0.29, 0.717) is 12.5 Å². The predicted octanol–water partition coefficient (Wildman–Crippen LogP) is 1.85. The Morgan fingerprint density at radius 1 is 1.09 bits per heavy atom. The Balaban J connectivity index is 1.23. The molecule has 0 bridgehead atoms. The second kappa shape index (κ2) is 4.95. The molecule has 0 aromatic rings. The number of nitrogens with zero attached hydrogens (tertiary/aromatic N) is 1. The molecule has 2 amide bonds. The predicted molar refractivity (Wildman–Crippen MR) is 85.7 cm³/mol. The summed E-state index contributed by atoms with van der Waals surface area (Å²) in [5.41, 5.74) is -0.349. The van der Waals surface area contributed by atoms with E-state index in [-0.39, 0.29) is 28.4 Å². The number of rotatable bonds is 4.